The Hall–Kier alpha value is -2.54. The number of ether oxygens (including phenoxy) is 1. The second-order valence-corrected chi connectivity index (χ2v) is 16.8. The molecule has 0 aromatic heterocycles. The van der Waals surface area contributed by atoms with Crippen LogP contribution in [-0.2, 0) is 15.6 Å². The highest BCUT2D eigenvalue weighted by atomic mass is 35.5. The molecule has 6 bridgehead atoms. The molecule has 47 heavy (non-hydrogen) atoms. The van der Waals surface area contributed by atoms with Crippen molar-refractivity contribution in [2.75, 3.05) is 50.1 Å². The molecule has 4 spiro atoms. The van der Waals surface area contributed by atoms with Gasteiger partial charge in [-0.25, -0.2) is 0 Å². The molecule has 4 saturated heterocycles. The Morgan fingerprint density at radius 1 is 0.681 bits per heavy atom. The zero-order chi connectivity index (χ0) is 29.9. The van der Waals surface area contributed by atoms with E-state index in [-0.39, 0.29) is 35.6 Å². The van der Waals surface area contributed by atoms with Crippen LogP contribution in [0, 0.1) is 11.8 Å². The molecule has 8 aliphatic heterocycles. The molecule has 2 aromatic carbocycles. The number of piperidine rings is 2. The number of halogens is 2. The molecule has 2 aliphatic carbocycles. The summed E-state index contributed by atoms with van der Waals surface area (Å²) in [6.45, 7) is 9.36. The van der Waals surface area contributed by atoms with Crippen LogP contribution in [0.3, 0.4) is 0 Å². The minimum Gasteiger partial charge on any atom is -1.00 e. The van der Waals surface area contributed by atoms with Gasteiger partial charge in [0.1, 0.15) is 36.0 Å². The number of likely N-dealkylation sites (N-methyl/N-ethyl adjacent to an activating group) is 2. The van der Waals surface area contributed by atoms with E-state index in [9.17, 15) is 0 Å². The van der Waals surface area contributed by atoms with Gasteiger partial charge in [0, 0.05) is 72.4 Å². The second-order valence-electron chi connectivity index (χ2n) is 16.8. The first kappa shape index (κ1) is 29.4. The maximum atomic E-state index is 8.68. The standard InChI is InChI=1S/C40H44N4O.2ClH/c1-5-25-23-43(3)17-15-37-29-11-7-10-14-34(29)42-22-32-28-20-36-38(16-18-44(36,4)24-26(28)6-2)30-12-8-9-13-33(30)41-21-31(27(25)19-35(37)43)39(37,42)45-40(32,38)41;;/h5-14,21-22,27-28,35-36H,15-20,23-24H2,1-4H3;2*1H/q+2;;/p-2/b25-5-,26-6-;;/t27-,28-,35-,36-,37+,38+,39+,40+,43-,44-;;/m0../s1. The summed E-state index contributed by atoms with van der Waals surface area (Å²) in [6, 6.07) is 20.1. The molecule has 2 saturated carbocycles. The van der Waals surface area contributed by atoms with Crippen molar-refractivity contribution >= 4 is 11.4 Å². The van der Waals surface area contributed by atoms with Crippen molar-refractivity contribution in [1.82, 2.24) is 0 Å². The van der Waals surface area contributed by atoms with Gasteiger partial charge in [0.15, 0.2) is 11.4 Å². The number of quaternary nitrogens is 2. The summed E-state index contributed by atoms with van der Waals surface area (Å²) in [5.74, 6) is 0.841. The molecular formula is C40H44Cl2N4O. The molecule has 244 valence electrons. The van der Waals surface area contributed by atoms with Crippen LogP contribution in [0.5, 0.6) is 0 Å². The van der Waals surface area contributed by atoms with Crippen molar-refractivity contribution in [2.45, 2.75) is 73.9 Å². The van der Waals surface area contributed by atoms with Crippen molar-refractivity contribution in [3.63, 3.8) is 0 Å². The fourth-order valence-electron chi connectivity index (χ4n) is 14.4. The quantitative estimate of drug-likeness (QED) is 0.294. The first-order valence-electron chi connectivity index (χ1n) is 17.7. The van der Waals surface area contributed by atoms with Gasteiger partial charge in [-0.3, -0.25) is 0 Å². The van der Waals surface area contributed by atoms with Crippen LogP contribution in [0.4, 0.5) is 11.4 Å². The highest BCUT2D eigenvalue weighted by Crippen LogP contribution is 2.79. The lowest BCUT2D eigenvalue weighted by atomic mass is 9.51. The van der Waals surface area contributed by atoms with E-state index in [1.54, 1.807) is 22.3 Å². The van der Waals surface area contributed by atoms with Gasteiger partial charge in [0.25, 0.3) is 0 Å². The van der Waals surface area contributed by atoms with Crippen LogP contribution in [0.15, 0.2) is 95.4 Å². The zero-order valence-corrected chi connectivity index (χ0v) is 29.4. The SMILES string of the molecule is C/C=C1/C[N@+]2(C)CC[C@@]34c5ccccc5N5C=C6[C@H]7C[C@H]8[C@@]9(CC[N@@+]8(C)C/C7=C/C)c7ccccc7N7C=C([C@H]1C[C@@H]32)[C@]54O[C@@]679.[Cl-].[Cl-]. The Kier molecular flexibility index (Phi) is 5.26. The van der Waals surface area contributed by atoms with Gasteiger partial charge < -0.3 is 48.3 Å². The number of nitrogens with zero attached hydrogens (tertiary/aromatic N) is 4. The number of fused-ring (bicyclic) bond motifs is 8. The number of hydrogen-bond donors (Lipinski definition) is 0. The molecule has 2 aromatic rings. The van der Waals surface area contributed by atoms with Crippen molar-refractivity contribution in [3.8, 4) is 0 Å². The Bertz CT molecular complexity index is 1810. The first-order valence-corrected chi connectivity index (χ1v) is 17.7. The van der Waals surface area contributed by atoms with Crippen molar-refractivity contribution in [2.24, 2.45) is 11.8 Å². The van der Waals surface area contributed by atoms with Crippen LogP contribution in [0.25, 0.3) is 0 Å². The lowest BCUT2D eigenvalue weighted by Gasteiger charge is -2.70. The predicted molar refractivity (Wildman–Crippen MR) is 176 cm³/mol. The van der Waals surface area contributed by atoms with E-state index < -0.39 is 11.4 Å². The Balaban J connectivity index is 0.00000143. The van der Waals surface area contributed by atoms with E-state index in [4.69, 9.17) is 4.74 Å². The normalized spacial score (nSPS) is 48.9. The van der Waals surface area contributed by atoms with E-state index in [0.717, 1.165) is 8.97 Å². The molecule has 5 nitrogen and oxygen atoms in total. The zero-order valence-electron chi connectivity index (χ0n) is 27.8. The maximum absolute atomic E-state index is 8.68. The minimum absolute atomic E-state index is 0. The number of para-hydroxylation sites is 2. The topological polar surface area (TPSA) is 15.7 Å². The summed E-state index contributed by atoms with van der Waals surface area (Å²) < 4.78 is 11.0. The molecule has 7 heteroatoms. The molecule has 0 amide bonds. The number of rotatable bonds is 0. The van der Waals surface area contributed by atoms with Crippen LogP contribution in [0.1, 0.15) is 50.7 Å². The predicted octanol–water partition coefficient (Wildman–Crippen LogP) is 0.112. The third-order valence-corrected chi connectivity index (χ3v) is 15.9. The molecule has 8 heterocycles. The average molecular weight is 668 g/mol. The van der Waals surface area contributed by atoms with Gasteiger partial charge in [0.05, 0.1) is 27.2 Å². The first-order chi connectivity index (χ1) is 21.8. The van der Waals surface area contributed by atoms with E-state index in [2.05, 4.69) is 111 Å². The summed E-state index contributed by atoms with van der Waals surface area (Å²) in [4.78, 5) is 5.48. The van der Waals surface area contributed by atoms with Gasteiger partial charge >= 0.3 is 0 Å². The largest absolute Gasteiger partial charge is 1.00 e. The van der Waals surface area contributed by atoms with Crippen molar-refractivity contribution in [1.29, 1.82) is 0 Å². The molecule has 0 N–H and O–H groups in total. The number of anilines is 2. The Labute approximate surface area is 291 Å². The average Bonchev–Trinajstić information content (AvgIpc) is 3.72. The smallest absolute Gasteiger partial charge is 0.188 e. The number of hydrogen-bond acceptors (Lipinski definition) is 3. The van der Waals surface area contributed by atoms with Gasteiger partial charge in [-0.2, -0.15) is 0 Å². The molecule has 0 radical (unpaired) electrons. The van der Waals surface area contributed by atoms with Gasteiger partial charge in [-0.05, 0) is 48.3 Å². The monoisotopic (exact) mass is 666 g/mol. The van der Waals surface area contributed by atoms with Crippen LogP contribution in [0.2, 0.25) is 0 Å². The van der Waals surface area contributed by atoms with Crippen molar-refractivity contribution in [3.05, 3.63) is 107 Å². The minimum atomic E-state index is -0.502. The van der Waals surface area contributed by atoms with E-state index >= 15 is 0 Å². The number of benzene rings is 2. The van der Waals surface area contributed by atoms with Crippen molar-refractivity contribution < 1.29 is 38.5 Å². The lowest BCUT2D eigenvalue weighted by molar-refractivity contribution is -0.925. The van der Waals surface area contributed by atoms with Crippen LogP contribution < -0.4 is 34.6 Å². The van der Waals surface area contributed by atoms with Crippen LogP contribution in [-0.4, -0.2) is 72.8 Å². The molecule has 10 atom stereocenters. The maximum Gasteiger partial charge on any atom is 0.188 e. The Morgan fingerprint density at radius 3 is 1.53 bits per heavy atom. The molecule has 12 rings (SSSR count). The summed E-state index contributed by atoms with van der Waals surface area (Å²) in [5, 5.41) is 0. The van der Waals surface area contributed by atoms with Gasteiger partial charge in [-0.15, -0.1) is 0 Å². The molecule has 6 fully saturated rings. The third kappa shape index (κ3) is 2.54. The fourth-order valence-corrected chi connectivity index (χ4v) is 14.4. The summed E-state index contributed by atoms with van der Waals surface area (Å²) >= 11 is 0. The molecular weight excluding hydrogens is 623 g/mol. The highest BCUT2D eigenvalue weighted by molar-refractivity contribution is 5.82. The van der Waals surface area contributed by atoms with E-state index in [1.807, 2.05) is 0 Å². The summed E-state index contributed by atoms with van der Waals surface area (Å²) in [5.41, 5.74) is 11.1. The summed E-state index contributed by atoms with van der Waals surface area (Å²) in [7, 11) is 5.15. The fraction of sp³-hybridized carbons (Fsp3) is 0.500. The Morgan fingerprint density at radius 2 is 1.11 bits per heavy atom. The summed E-state index contributed by atoms with van der Waals surface area (Å²) in [6.07, 6.45) is 15.2. The third-order valence-electron chi connectivity index (χ3n) is 15.9. The van der Waals surface area contributed by atoms with E-state index in [0.29, 0.717) is 23.9 Å². The highest BCUT2D eigenvalue weighted by Gasteiger charge is 2.88. The second kappa shape index (κ2) is 8.42. The van der Waals surface area contributed by atoms with Gasteiger partial charge in [-0.1, -0.05) is 48.6 Å². The lowest BCUT2D eigenvalue weighted by Crippen LogP contribution is -3.00. The molecule has 10 aliphatic rings. The molecule has 0 unspecified atom stereocenters. The number of allylic oxidation sites excluding steroid dienone is 2. The van der Waals surface area contributed by atoms with Gasteiger partial charge in [0.2, 0.25) is 0 Å². The van der Waals surface area contributed by atoms with E-state index in [1.165, 1.54) is 74.4 Å². The van der Waals surface area contributed by atoms with Crippen LogP contribution >= 0.6 is 0 Å².